The Morgan fingerprint density at radius 3 is 2.53 bits per heavy atom. The molecule has 0 aromatic carbocycles. The standard InChI is InChI=1S/C12H18BrN3O3/c1-7-9(8(2)16-15-7)10(17)14-5-6-19-11(18)12(3,4)13/h5-6H2,1-4H3,(H,14,17)(H,15,16). The number of carbonyl (C=O) groups is 2. The first-order valence-corrected chi connectivity index (χ1v) is 6.68. The first kappa shape index (κ1) is 15.7. The Hall–Kier alpha value is -1.37. The van der Waals surface area contributed by atoms with Crippen molar-refractivity contribution in [3.05, 3.63) is 17.0 Å². The van der Waals surface area contributed by atoms with E-state index in [1.807, 2.05) is 0 Å². The molecule has 1 amide bonds. The molecule has 6 nitrogen and oxygen atoms in total. The number of alkyl halides is 1. The molecule has 0 bridgehead atoms. The molecule has 0 aliphatic rings. The molecule has 19 heavy (non-hydrogen) atoms. The number of esters is 1. The van der Waals surface area contributed by atoms with Crippen LogP contribution in [0.1, 0.15) is 35.6 Å². The number of halogens is 1. The quantitative estimate of drug-likeness (QED) is 0.486. The number of hydrogen-bond donors (Lipinski definition) is 2. The van der Waals surface area contributed by atoms with Crippen LogP contribution in [-0.4, -0.2) is 39.5 Å². The summed E-state index contributed by atoms with van der Waals surface area (Å²) in [6, 6.07) is 0. The van der Waals surface area contributed by atoms with Gasteiger partial charge in [0.05, 0.1) is 17.8 Å². The third-order valence-electron chi connectivity index (χ3n) is 2.46. The fourth-order valence-electron chi connectivity index (χ4n) is 1.45. The van der Waals surface area contributed by atoms with E-state index in [4.69, 9.17) is 4.74 Å². The van der Waals surface area contributed by atoms with Gasteiger partial charge < -0.3 is 10.1 Å². The van der Waals surface area contributed by atoms with Crippen LogP contribution < -0.4 is 5.32 Å². The highest BCUT2D eigenvalue weighted by Gasteiger charge is 2.25. The zero-order valence-electron chi connectivity index (χ0n) is 11.5. The fraction of sp³-hybridized carbons (Fsp3) is 0.583. The lowest BCUT2D eigenvalue weighted by molar-refractivity contribution is -0.145. The first-order chi connectivity index (χ1) is 8.73. The van der Waals surface area contributed by atoms with Crippen molar-refractivity contribution >= 4 is 27.8 Å². The van der Waals surface area contributed by atoms with Crippen molar-refractivity contribution in [1.29, 1.82) is 0 Å². The highest BCUT2D eigenvalue weighted by atomic mass is 79.9. The first-order valence-electron chi connectivity index (χ1n) is 5.89. The summed E-state index contributed by atoms with van der Waals surface area (Å²) in [7, 11) is 0. The number of amides is 1. The van der Waals surface area contributed by atoms with E-state index in [-0.39, 0.29) is 25.0 Å². The molecule has 0 aliphatic heterocycles. The molecule has 106 valence electrons. The molecule has 1 heterocycles. The van der Waals surface area contributed by atoms with Gasteiger partial charge in [-0.1, -0.05) is 15.9 Å². The minimum absolute atomic E-state index is 0.134. The molecule has 1 rings (SSSR count). The number of hydrogen-bond acceptors (Lipinski definition) is 4. The monoisotopic (exact) mass is 331 g/mol. The number of H-pyrrole nitrogens is 1. The molecule has 7 heteroatoms. The molecule has 0 radical (unpaired) electrons. The van der Waals surface area contributed by atoms with Crippen molar-refractivity contribution in [3.8, 4) is 0 Å². The van der Waals surface area contributed by atoms with Crippen molar-refractivity contribution in [3.63, 3.8) is 0 Å². The predicted molar refractivity (Wildman–Crippen MR) is 74.4 cm³/mol. The number of carbonyl (C=O) groups excluding carboxylic acids is 2. The summed E-state index contributed by atoms with van der Waals surface area (Å²) in [6.07, 6.45) is 0. The van der Waals surface area contributed by atoms with E-state index in [0.717, 1.165) is 0 Å². The minimum atomic E-state index is -0.714. The van der Waals surface area contributed by atoms with Crippen LogP contribution in [0.4, 0.5) is 0 Å². The number of nitrogens with one attached hydrogen (secondary N) is 2. The van der Waals surface area contributed by atoms with Crippen LogP contribution in [0.5, 0.6) is 0 Å². The molecule has 0 saturated carbocycles. The Morgan fingerprint density at radius 1 is 1.42 bits per heavy atom. The van der Waals surface area contributed by atoms with Gasteiger partial charge in [-0.25, -0.2) is 0 Å². The van der Waals surface area contributed by atoms with Crippen molar-refractivity contribution < 1.29 is 14.3 Å². The highest BCUT2D eigenvalue weighted by molar-refractivity contribution is 9.10. The van der Waals surface area contributed by atoms with Gasteiger partial charge in [0.2, 0.25) is 0 Å². The molecular formula is C12H18BrN3O3. The Kier molecular flexibility index (Phi) is 5.11. The molecule has 0 saturated heterocycles. The zero-order valence-corrected chi connectivity index (χ0v) is 13.1. The van der Waals surface area contributed by atoms with E-state index in [1.54, 1.807) is 27.7 Å². The van der Waals surface area contributed by atoms with E-state index in [1.165, 1.54) is 0 Å². The number of aryl methyl sites for hydroxylation is 2. The van der Waals surface area contributed by atoms with Gasteiger partial charge in [0.15, 0.2) is 0 Å². The van der Waals surface area contributed by atoms with Gasteiger partial charge >= 0.3 is 5.97 Å². The maximum absolute atomic E-state index is 11.9. The third-order valence-corrected chi connectivity index (χ3v) is 2.79. The number of nitrogens with zero attached hydrogens (tertiary/aromatic N) is 1. The molecule has 0 unspecified atom stereocenters. The lowest BCUT2D eigenvalue weighted by Crippen LogP contribution is -2.32. The summed E-state index contributed by atoms with van der Waals surface area (Å²) in [5.41, 5.74) is 1.90. The second kappa shape index (κ2) is 6.18. The van der Waals surface area contributed by atoms with Gasteiger partial charge in [-0.3, -0.25) is 14.7 Å². The molecule has 0 aliphatic carbocycles. The highest BCUT2D eigenvalue weighted by Crippen LogP contribution is 2.17. The van der Waals surface area contributed by atoms with Gasteiger partial charge in [0, 0.05) is 5.69 Å². The predicted octanol–water partition coefficient (Wildman–Crippen LogP) is 1.47. The van der Waals surface area contributed by atoms with Gasteiger partial charge in [0.25, 0.3) is 5.91 Å². The van der Waals surface area contributed by atoms with E-state index in [2.05, 4.69) is 31.4 Å². The lowest BCUT2D eigenvalue weighted by atomic mass is 10.2. The average molecular weight is 332 g/mol. The Morgan fingerprint density at radius 2 is 2.05 bits per heavy atom. The van der Waals surface area contributed by atoms with E-state index in [0.29, 0.717) is 17.0 Å². The van der Waals surface area contributed by atoms with E-state index in [9.17, 15) is 9.59 Å². The second-order valence-corrected chi connectivity index (χ2v) is 6.66. The SMILES string of the molecule is Cc1n[nH]c(C)c1C(=O)NCCOC(=O)C(C)(C)Br. The lowest BCUT2D eigenvalue weighted by Gasteiger charge is -2.14. The molecule has 1 aromatic heterocycles. The number of aromatic nitrogens is 2. The van der Waals surface area contributed by atoms with Crippen molar-refractivity contribution in [2.45, 2.75) is 32.0 Å². The molecular weight excluding hydrogens is 314 g/mol. The van der Waals surface area contributed by atoms with E-state index < -0.39 is 4.32 Å². The largest absolute Gasteiger partial charge is 0.463 e. The van der Waals surface area contributed by atoms with Crippen LogP contribution in [0.3, 0.4) is 0 Å². The summed E-state index contributed by atoms with van der Waals surface area (Å²) in [4.78, 5) is 23.3. The fourth-order valence-corrected chi connectivity index (χ4v) is 1.57. The van der Waals surface area contributed by atoms with Crippen LogP contribution >= 0.6 is 15.9 Å². The van der Waals surface area contributed by atoms with Crippen LogP contribution in [0, 0.1) is 13.8 Å². The molecule has 2 N–H and O–H groups in total. The van der Waals surface area contributed by atoms with Gasteiger partial charge in [0.1, 0.15) is 10.9 Å². The van der Waals surface area contributed by atoms with Crippen molar-refractivity contribution in [2.24, 2.45) is 0 Å². The molecule has 0 spiro atoms. The average Bonchev–Trinajstić information content (AvgIpc) is 2.62. The molecule has 0 fully saturated rings. The maximum Gasteiger partial charge on any atom is 0.322 e. The summed E-state index contributed by atoms with van der Waals surface area (Å²) in [6.45, 7) is 7.33. The summed E-state index contributed by atoms with van der Waals surface area (Å²) < 4.78 is 4.30. The smallest absolute Gasteiger partial charge is 0.322 e. The van der Waals surface area contributed by atoms with Crippen molar-refractivity contribution in [1.82, 2.24) is 15.5 Å². The third kappa shape index (κ3) is 4.34. The number of aromatic amines is 1. The zero-order chi connectivity index (χ0) is 14.6. The van der Waals surface area contributed by atoms with Crippen LogP contribution in [0.15, 0.2) is 0 Å². The van der Waals surface area contributed by atoms with Gasteiger partial charge in [-0.05, 0) is 27.7 Å². The Labute approximate surface area is 120 Å². The van der Waals surface area contributed by atoms with Gasteiger partial charge in [-0.2, -0.15) is 5.10 Å². The second-order valence-electron chi connectivity index (χ2n) is 4.67. The van der Waals surface area contributed by atoms with Gasteiger partial charge in [-0.15, -0.1) is 0 Å². The van der Waals surface area contributed by atoms with E-state index >= 15 is 0 Å². The Bertz CT molecular complexity index is 458. The molecule has 1 aromatic rings. The van der Waals surface area contributed by atoms with Crippen molar-refractivity contribution in [2.75, 3.05) is 13.2 Å². The topological polar surface area (TPSA) is 84.1 Å². The maximum atomic E-state index is 11.9. The minimum Gasteiger partial charge on any atom is -0.463 e. The van der Waals surface area contributed by atoms with Crippen LogP contribution in [0.25, 0.3) is 0 Å². The number of rotatable bonds is 5. The number of ether oxygens (including phenoxy) is 1. The summed E-state index contributed by atoms with van der Waals surface area (Å²) >= 11 is 3.20. The normalized spacial score (nSPS) is 11.2. The molecule has 0 atom stereocenters. The summed E-state index contributed by atoms with van der Waals surface area (Å²) in [5, 5.41) is 9.37. The summed E-state index contributed by atoms with van der Waals surface area (Å²) in [5.74, 6) is -0.588. The van der Waals surface area contributed by atoms with Crippen LogP contribution in [0.2, 0.25) is 0 Å². The Balaban J connectivity index is 2.39. The van der Waals surface area contributed by atoms with Crippen LogP contribution in [-0.2, 0) is 9.53 Å².